The summed E-state index contributed by atoms with van der Waals surface area (Å²) in [6.45, 7) is 10.0. The summed E-state index contributed by atoms with van der Waals surface area (Å²) in [6, 6.07) is 27.4. The van der Waals surface area contributed by atoms with Crippen molar-refractivity contribution in [1.82, 2.24) is 5.32 Å². The minimum atomic E-state index is 0. The van der Waals surface area contributed by atoms with E-state index in [1.165, 1.54) is 0 Å². The van der Waals surface area contributed by atoms with Crippen molar-refractivity contribution in [3.63, 3.8) is 0 Å². The molecule has 0 saturated heterocycles. The van der Waals surface area contributed by atoms with Crippen LogP contribution in [0.2, 0.25) is 0 Å². The first kappa shape index (κ1) is 34.9. The van der Waals surface area contributed by atoms with Gasteiger partial charge in [-0.25, -0.2) is 0 Å². The van der Waals surface area contributed by atoms with E-state index < -0.39 is 0 Å². The fraction of sp³-hybridized carbons (Fsp3) is 0.229. The van der Waals surface area contributed by atoms with Crippen LogP contribution in [0, 0.1) is 27.7 Å². The van der Waals surface area contributed by atoms with Gasteiger partial charge in [0.25, 0.3) is 0 Å². The Hall–Kier alpha value is -4.32. The molecule has 1 N–H and O–H groups in total. The third kappa shape index (κ3) is 9.88. The molecule has 0 heterocycles. The molecule has 0 amide bonds. The van der Waals surface area contributed by atoms with Crippen LogP contribution in [0.4, 0.5) is 0 Å². The third-order valence-corrected chi connectivity index (χ3v) is 6.56. The number of nitrogens with one attached hydrogen (secondary N) is 1. The molecule has 220 valence electrons. The first-order valence-corrected chi connectivity index (χ1v) is 13.8. The van der Waals surface area contributed by atoms with E-state index in [1.54, 1.807) is 0 Å². The monoisotopic (exact) mass is 615 g/mol. The smallest absolute Gasteiger partial charge is 0.872 e. The molecule has 7 nitrogen and oxygen atoms in total. The largest absolute Gasteiger partial charge is 4.00 e. The van der Waals surface area contributed by atoms with E-state index in [-0.39, 0.29) is 28.6 Å². The van der Waals surface area contributed by atoms with Crippen LogP contribution in [0.3, 0.4) is 0 Å². The van der Waals surface area contributed by atoms with Crippen LogP contribution in [0.5, 0.6) is 11.5 Å². The molecular weight excluding hydrogens is 580 g/mol. The molecule has 0 atom stereocenters. The average molecular weight is 616 g/mol. The van der Waals surface area contributed by atoms with Crippen molar-refractivity contribution < 1.29 is 32.1 Å². The van der Waals surface area contributed by atoms with Gasteiger partial charge >= 0.3 is 17.1 Å². The summed E-state index contributed by atoms with van der Waals surface area (Å²) in [5.41, 5.74) is 8.11. The summed E-state index contributed by atoms with van der Waals surface area (Å²) in [5, 5.41) is 36.1. The van der Waals surface area contributed by atoms with E-state index in [9.17, 15) is 10.2 Å². The molecule has 0 aliphatic rings. The van der Waals surface area contributed by atoms with Gasteiger partial charge in [-0.05, 0) is 44.9 Å². The molecular formula is C35H35FeN4O3+. The van der Waals surface area contributed by atoms with Crippen LogP contribution in [-0.2, 0) is 21.9 Å². The summed E-state index contributed by atoms with van der Waals surface area (Å²) in [6.07, 6.45) is 0.500. The Morgan fingerprint density at radius 1 is 0.698 bits per heavy atom. The number of carbonyl (C=O) groups excluding carboxylic acids is 1. The predicted octanol–water partition coefficient (Wildman–Crippen LogP) is 4.92. The van der Waals surface area contributed by atoms with E-state index in [2.05, 4.69) is 5.32 Å². The summed E-state index contributed by atoms with van der Waals surface area (Å²) in [4.78, 5) is 17.9. The van der Waals surface area contributed by atoms with Crippen LogP contribution in [0.15, 0.2) is 94.9 Å². The van der Waals surface area contributed by atoms with Gasteiger partial charge < -0.3 is 20.9 Å². The second-order valence-corrected chi connectivity index (χ2v) is 9.95. The van der Waals surface area contributed by atoms with Crippen LogP contribution in [0.1, 0.15) is 44.5 Å². The molecule has 0 bridgehead atoms. The number of isocyanates is 1. The second-order valence-electron chi connectivity index (χ2n) is 9.95. The maximum absolute atomic E-state index is 12.9. The number of aryl methyl sites for hydroxylation is 4. The maximum atomic E-state index is 12.9. The topological polar surface area (TPSA) is 122 Å². The van der Waals surface area contributed by atoms with Crippen molar-refractivity contribution in [1.29, 1.82) is 0 Å². The van der Waals surface area contributed by atoms with Crippen molar-refractivity contribution in [3.8, 4) is 11.5 Å². The van der Waals surface area contributed by atoms with Gasteiger partial charge in [0.15, 0.2) is 0 Å². The Morgan fingerprint density at radius 3 is 1.40 bits per heavy atom. The normalized spacial score (nSPS) is 11.2. The second kappa shape index (κ2) is 17.6. The van der Waals surface area contributed by atoms with Gasteiger partial charge in [0.05, 0.1) is 24.5 Å². The maximum Gasteiger partial charge on any atom is 4.00 e. The zero-order valence-electron chi connectivity index (χ0n) is 24.8. The quantitative estimate of drug-likeness (QED) is 0.118. The number of aliphatic imine (C=N–C) groups is 2. The molecule has 0 unspecified atom stereocenters. The predicted molar refractivity (Wildman–Crippen MR) is 167 cm³/mol. The molecule has 4 aromatic rings. The minimum Gasteiger partial charge on any atom is -0.872 e. The molecule has 0 fully saturated rings. The molecule has 4 aromatic carbocycles. The van der Waals surface area contributed by atoms with Crippen LogP contribution in [-0.4, -0.2) is 43.7 Å². The van der Waals surface area contributed by atoms with Gasteiger partial charge in [0.2, 0.25) is 0 Å². The van der Waals surface area contributed by atoms with Gasteiger partial charge in [-0.3, -0.25) is 14.8 Å². The summed E-state index contributed by atoms with van der Waals surface area (Å²) < 4.78 is 0. The fourth-order valence-corrected chi connectivity index (χ4v) is 4.74. The van der Waals surface area contributed by atoms with Gasteiger partial charge in [-0.2, -0.15) is 0 Å². The van der Waals surface area contributed by atoms with Crippen molar-refractivity contribution in [2.24, 2.45) is 9.98 Å². The zero-order chi connectivity index (χ0) is 30.5. The zero-order valence-corrected chi connectivity index (χ0v) is 25.9. The van der Waals surface area contributed by atoms with Crippen molar-refractivity contribution in [2.75, 3.05) is 26.2 Å². The molecule has 43 heavy (non-hydrogen) atoms. The van der Waals surface area contributed by atoms with E-state index in [0.29, 0.717) is 43.4 Å². The van der Waals surface area contributed by atoms with Crippen LogP contribution >= 0.6 is 0 Å². The first-order chi connectivity index (χ1) is 20.3. The number of rotatable bonds is 10. The Kier molecular flexibility index (Phi) is 14.3. The average Bonchev–Trinajstić information content (AvgIpc) is 2.98. The number of nitrogens with zero attached hydrogens (tertiary/aromatic N) is 3. The van der Waals surface area contributed by atoms with Crippen molar-refractivity contribution >= 4 is 17.5 Å². The van der Waals surface area contributed by atoms with Gasteiger partial charge in [-0.1, -0.05) is 119 Å². The summed E-state index contributed by atoms with van der Waals surface area (Å²) in [5.74, 6) is 0.0335. The Bertz CT molecular complexity index is 1470. The van der Waals surface area contributed by atoms with E-state index in [0.717, 1.165) is 44.8 Å². The SMILES string of the molecule is Cc1cc(C)c([O-])c(C(=NCCNCCN=C(c2ccccc2)c2cc(C)cc(C)c2[O-])c2ccccc2)c1.[Fe+4].[N-]=C=O. The summed E-state index contributed by atoms with van der Waals surface area (Å²) >= 11 is 0. The van der Waals surface area contributed by atoms with E-state index in [1.807, 2.05) is 113 Å². The molecule has 0 saturated carbocycles. The molecule has 0 aliphatic heterocycles. The number of hydrogen-bond donors (Lipinski definition) is 1. The number of hydrogen-bond acceptors (Lipinski definition) is 6. The summed E-state index contributed by atoms with van der Waals surface area (Å²) in [7, 11) is 0. The van der Waals surface area contributed by atoms with Crippen molar-refractivity contribution in [3.05, 3.63) is 135 Å². The molecule has 0 aromatic heterocycles. The Balaban J connectivity index is 0.00000155. The molecule has 4 rings (SSSR count). The van der Waals surface area contributed by atoms with Crippen LogP contribution in [0.25, 0.3) is 5.41 Å². The van der Waals surface area contributed by atoms with Gasteiger partial charge in [0.1, 0.15) is 0 Å². The number of benzene rings is 4. The minimum absolute atomic E-state index is 0. The van der Waals surface area contributed by atoms with E-state index in [4.69, 9.17) is 20.2 Å². The van der Waals surface area contributed by atoms with E-state index >= 15 is 0 Å². The molecule has 0 spiro atoms. The molecule has 0 aliphatic carbocycles. The third-order valence-electron chi connectivity index (χ3n) is 6.56. The van der Waals surface area contributed by atoms with Crippen molar-refractivity contribution in [2.45, 2.75) is 27.7 Å². The first-order valence-electron chi connectivity index (χ1n) is 13.8. The molecule has 8 heteroatoms. The molecule has 0 radical (unpaired) electrons. The van der Waals surface area contributed by atoms with Crippen LogP contribution < -0.4 is 15.5 Å². The van der Waals surface area contributed by atoms with Gasteiger partial charge in [0, 0.05) is 24.2 Å². The Labute approximate surface area is 264 Å². The standard InChI is InChI=1S/C34H37N3O2.CNO.Fe/c1-23-19-25(3)33(38)29(21-23)31(27-11-7-5-8-12-27)36-17-15-35-16-18-37-32(28-13-9-6-10-14-28)30-22-24(2)20-26(4)34(30)39;2-1-3;/h5-14,19-22,35,38-39H,15-18H2,1-4H3;;/q;-1;+4/p-2. The van der Waals surface area contributed by atoms with Gasteiger partial charge in [-0.15, -0.1) is 0 Å². The fourth-order valence-electron chi connectivity index (χ4n) is 4.74. The Morgan fingerprint density at radius 2 is 1.05 bits per heavy atom.